The van der Waals surface area contributed by atoms with E-state index in [1.54, 1.807) is 0 Å². The van der Waals surface area contributed by atoms with Gasteiger partial charge in [-0.1, -0.05) is 46.8 Å². The average molecular weight is 417 g/mol. The average Bonchev–Trinajstić information content (AvgIpc) is 3.03. The highest BCUT2D eigenvalue weighted by atomic mass is 16.3. The van der Waals surface area contributed by atoms with Gasteiger partial charge in [-0.15, -0.1) is 0 Å². The second-order valence-corrected chi connectivity index (χ2v) is 12.3. The minimum Gasteiger partial charge on any atom is -0.390 e. The second-order valence-electron chi connectivity index (χ2n) is 12.3. The molecule has 0 aromatic heterocycles. The maximum absolute atomic E-state index is 13.2. The fourth-order valence-electron chi connectivity index (χ4n) is 8.77. The maximum atomic E-state index is 13.2. The van der Waals surface area contributed by atoms with Crippen LogP contribution in [0.2, 0.25) is 0 Å². The zero-order valence-electron chi connectivity index (χ0n) is 19.8. The SMILES string of the molecule is CC(C)C[C@@H](O)[C@H](O)[C@@H](C)[C@H]1CC[C@H]2[C@@H]3CC(=O)[C@H]4CC=CC[C@]4(C)[C@H]3CC[C@]12C. The number of allylic oxidation sites excluding steroid dienone is 2. The van der Waals surface area contributed by atoms with Gasteiger partial charge < -0.3 is 10.2 Å². The highest BCUT2D eigenvalue weighted by Crippen LogP contribution is 2.67. The van der Waals surface area contributed by atoms with E-state index in [1.165, 1.54) is 19.3 Å². The molecule has 10 atom stereocenters. The summed E-state index contributed by atoms with van der Waals surface area (Å²) in [4.78, 5) is 13.2. The molecule has 3 saturated carbocycles. The van der Waals surface area contributed by atoms with E-state index in [0.717, 1.165) is 25.7 Å². The van der Waals surface area contributed by atoms with Crippen molar-refractivity contribution in [3.05, 3.63) is 12.2 Å². The Balaban J connectivity index is 1.55. The molecule has 0 aromatic rings. The fourth-order valence-corrected chi connectivity index (χ4v) is 8.77. The van der Waals surface area contributed by atoms with Gasteiger partial charge in [0.2, 0.25) is 0 Å². The Labute approximate surface area is 183 Å². The van der Waals surface area contributed by atoms with Gasteiger partial charge in [-0.05, 0) is 91.3 Å². The van der Waals surface area contributed by atoms with Crippen molar-refractivity contribution in [1.29, 1.82) is 0 Å². The first-order chi connectivity index (χ1) is 14.1. The molecule has 4 aliphatic carbocycles. The summed E-state index contributed by atoms with van der Waals surface area (Å²) >= 11 is 0. The maximum Gasteiger partial charge on any atom is 0.137 e. The number of aliphatic hydroxyl groups excluding tert-OH is 2. The second kappa shape index (κ2) is 8.03. The molecule has 0 saturated heterocycles. The molecule has 3 heteroatoms. The molecule has 0 radical (unpaired) electrons. The van der Waals surface area contributed by atoms with Crippen molar-refractivity contribution in [3.63, 3.8) is 0 Å². The number of fused-ring (bicyclic) bond motifs is 5. The lowest BCUT2D eigenvalue weighted by molar-refractivity contribution is -0.151. The van der Waals surface area contributed by atoms with Crippen LogP contribution < -0.4 is 0 Å². The van der Waals surface area contributed by atoms with Crippen LogP contribution in [0.15, 0.2) is 12.2 Å². The number of Topliss-reactive ketones (excluding diaryl/α,β-unsaturated/α-hetero) is 1. The van der Waals surface area contributed by atoms with Crippen molar-refractivity contribution in [3.8, 4) is 0 Å². The van der Waals surface area contributed by atoms with Crippen LogP contribution in [0.1, 0.15) is 86.0 Å². The van der Waals surface area contributed by atoms with Gasteiger partial charge in [0.15, 0.2) is 0 Å². The van der Waals surface area contributed by atoms with Crippen LogP contribution in [0.4, 0.5) is 0 Å². The Kier molecular flexibility index (Phi) is 6.03. The van der Waals surface area contributed by atoms with E-state index in [-0.39, 0.29) is 22.7 Å². The number of aliphatic hydroxyl groups is 2. The Morgan fingerprint density at radius 2 is 1.73 bits per heavy atom. The minimum absolute atomic E-state index is 0.102. The molecule has 2 N–H and O–H groups in total. The third-order valence-electron chi connectivity index (χ3n) is 10.4. The molecule has 0 spiro atoms. The van der Waals surface area contributed by atoms with E-state index in [9.17, 15) is 15.0 Å². The largest absolute Gasteiger partial charge is 0.390 e. The van der Waals surface area contributed by atoms with Crippen molar-refractivity contribution in [2.75, 3.05) is 0 Å². The molecule has 3 fully saturated rings. The standard InChI is InChI=1S/C27H44O3/c1-16(2)14-24(29)25(30)17(3)19-9-10-20-18-15-23(28)22-8-6-7-12-26(22,4)21(18)11-13-27(19,20)5/h6-7,16-22,24-25,29-30H,8-15H2,1-5H3/t17-,18-,19+,20-,21-,22+,24+,25+,26+,27+/m0/s1. The third kappa shape index (κ3) is 3.43. The molecule has 0 amide bonds. The summed E-state index contributed by atoms with van der Waals surface area (Å²) in [5, 5.41) is 21.5. The zero-order chi connectivity index (χ0) is 21.8. The van der Waals surface area contributed by atoms with Crippen LogP contribution in [0.5, 0.6) is 0 Å². The topological polar surface area (TPSA) is 57.5 Å². The Bertz CT molecular complexity index is 684. The molecule has 0 aromatic carbocycles. The van der Waals surface area contributed by atoms with Gasteiger partial charge in [-0.3, -0.25) is 4.79 Å². The van der Waals surface area contributed by atoms with E-state index in [4.69, 9.17) is 0 Å². The first-order valence-corrected chi connectivity index (χ1v) is 12.6. The van der Waals surface area contributed by atoms with Crippen LogP contribution >= 0.6 is 0 Å². The summed E-state index contributed by atoms with van der Waals surface area (Å²) in [5.74, 6) is 3.43. The molecular formula is C27H44O3. The molecule has 4 aliphatic rings. The normalized spacial score (nSPS) is 46.1. The summed E-state index contributed by atoms with van der Waals surface area (Å²) in [6.45, 7) is 11.2. The van der Waals surface area contributed by atoms with Gasteiger partial charge in [0.25, 0.3) is 0 Å². The third-order valence-corrected chi connectivity index (χ3v) is 10.4. The predicted octanol–water partition coefficient (Wildman–Crippen LogP) is 5.39. The lowest BCUT2D eigenvalue weighted by Gasteiger charge is -2.59. The highest BCUT2D eigenvalue weighted by Gasteiger charge is 2.62. The van der Waals surface area contributed by atoms with E-state index in [1.807, 2.05) is 0 Å². The smallest absolute Gasteiger partial charge is 0.137 e. The molecule has 4 rings (SSSR count). The molecule has 170 valence electrons. The Morgan fingerprint density at radius 3 is 2.43 bits per heavy atom. The summed E-state index contributed by atoms with van der Waals surface area (Å²) in [6, 6.07) is 0. The summed E-state index contributed by atoms with van der Waals surface area (Å²) in [6.07, 6.45) is 11.5. The number of hydrogen-bond donors (Lipinski definition) is 2. The number of rotatable bonds is 5. The van der Waals surface area contributed by atoms with Crippen molar-refractivity contribution in [1.82, 2.24) is 0 Å². The molecule has 0 bridgehead atoms. The van der Waals surface area contributed by atoms with Gasteiger partial charge in [-0.25, -0.2) is 0 Å². The van der Waals surface area contributed by atoms with Crippen molar-refractivity contribution in [2.24, 2.45) is 52.3 Å². The van der Waals surface area contributed by atoms with E-state index < -0.39 is 12.2 Å². The number of ketones is 1. The van der Waals surface area contributed by atoms with E-state index in [0.29, 0.717) is 41.8 Å². The van der Waals surface area contributed by atoms with Gasteiger partial charge in [-0.2, -0.15) is 0 Å². The van der Waals surface area contributed by atoms with Crippen molar-refractivity contribution < 1.29 is 15.0 Å². The first-order valence-electron chi connectivity index (χ1n) is 12.6. The monoisotopic (exact) mass is 416 g/mol. The van der Waals surface area contributed by atoms with Crippen molar-refractivity contribution in [2.45, 2.75) is 98.2 Å². The summed E-state index contributed by atoms with van der Waals surface area (Å²) in [7, 11) is 0. The molecule has 0 aliphatic heterocycles. The lowest BCUT2D eigenvalue weighted by Crippen LogP contribution is -2.55. The van der Waals surface area contributed by atoms with Gasteiger partial charge in [0.05, 0.1) is 12.2 Å². The van der Waals surface area contributed by atoms with Crippen molar-refractivity contribution >= 4 is 5.78 Å². The van der Waals surface area contributed by atoms with Gasteiger partial charge in [0.1, 0.15) is 5.78 Å². The van der Waals surface area contributed by atoms with Gasteiger partial charge in [0, 0.05) is 12.3 Å². The molecular weight excluding hydrogens is 372 g/mol. The van der Waals surface area contributed by atoms with Crippen LogP contribution in [0.25, 0.3) is 0 Å². The fraction of sp³-hybridized carbons (Fsp3) is 0.889. The Hall–Kier alpha value is -0.670. The Morgan fingerprint density at radius 1 is 1.03 bits per heavy atom. The van der Waals surface area contributed by atoms with Crippen LogP contribution in [0.3, 0.4) is 0 Å². The zero-order valence-corrected chi connectivity index (χ0v) is 19.8. The highest BCUT2D eigenvalue weighted by molar-refractivity contribution is 5.83. The van der Waals surface area contributed by atoms with E-state index in [2.05, 4.69) is 46.8 Å². The molecule has 3 nitrogen and oxygen atoms in total. The minimum atomic E-state index is -0.649. The number of hydrogen-bond acceptors (Lipinski definition) is 3. The number of carbonyl (C=O) groups excluding carboxylic acids is 1. The quantitative estimate of drug-likeness (QED) is 0.590. The first kappa shape index (κ1) is 22.5. The van der Waals surface area contributed by atoms with Crippen LogP contribution in [-0.4, -0.2) is 28.2 Å². The van der Waals surface area contributed by atoms with Gasteiger partial charge >= 0.3 is 0 Å². The van der Waals surface area contributed by atoms with E-state index >= 15 is 0 Å². The molecule has 30 heavy (non-hydrogen) atoms. The lowest BCUT2D eigenvalue weighted by atomic mass is 9.45. The molecule has 0 heterocycles. The van der Waals surface area contributed by atoms with Crippen LogP contribution in [-0.2, 0) is 4.79 Å². The molecule has 0 unspecified atom stereocenters. The predicted molar refractivity (Wildman–Crippen MR) is 121 cm³/mol. The van der Waals surface area contributed by atoms with Crippen LogP contribution in [0, 0.1) is 52.3 Å². The summed E-state index contributed by atoms with van der Waals surface area (Å²) < 4.78 is 0. The number of carbonyl (C=O) groups is 1. The summed E-state index contributed by atoms with van der Waals surface area (Å²) in [5.41, 5.74) is 0.333.